The van der Waals surface area contributed by atoms with Gasteiger partial charge in [0, 0.05) is 25.5 Å². The van der Waals surface area contributed by atoms with E-state index in [9.17, 15) is 10.2 Å². The zero-order valence-corrected chi connectivity index (χ0v) is 11.4. The summed E-state index contributed by atoms with van der Waals surface area (Å²) in [4.78, 5) is 6.30. The second kappa shape index (κ2) is 5.32. The largest absolute Gasteiger partial charge is 0.507 e. The van der Waals surface area contributed by atoms with Crippen LogP contribution >= 0.6 is 0 Å². The number of phenols is 2. The van der Waals surface area contributed by atoms with Gasteiger partial charge in [-0.15, -0.1) is 0 Å². The Bertz CT molecular complexity index is 545. The normalized spacial score (nSPS) is 12.8. The summed E-state index contributed by atoms with van der Waals surface area (Å²) in [6, 6.07) is 4.68. The van der Waals surface area contributed by atoms with Gasteiger partial charge in [-0.05, 0) is 26.1 Å². The second-order valence-electron chi connectivity index (χ2n) is 4.76. The minimum absolute atomic E-state index is 0.110. The quantitative estimate of drug-likeness (QED) is 0.884. The summed E-state index contributed by atoms with van der Waals surface area (Å²) >= 11 is 0. The fourth-order valence-corrected chi connectivity index (χ4v) is 2.10. The van der Waals surface area contributed by atoms with Gasteiger partial charge in [-0.3, -0.25) is 4.90 Å². The molecule has 0 spiro atoms. The summed E-state index contributed by atoms with van der Waals surface area (Å²) in [6.45, 7) is 2.58. The molecule has 0 aliphatic heterocycles. The standard InChI is InChI=1S/C14H19N3O2/c1-10(14-11(18)5-4-6-12(14)19)17(3)9-13-15-7-8-16(13)2/h4-8,10,18-19H,9H2,1-3H3. The van der Waals surface area contributed by atoms with E-state index in [1.807, 2.05) is 36.7 Å². The first kappa shape index (κ1) is 13.4. The molecule has 1 aromatic carbocycles. The molecule has 0 bridgehead atoms. The maximum atomic E-state index is 9.88. The van der Waals surface area contributed by atoms with Gasteiger partial charge in [0.25, 0.3) is 0 Å². The number of hydrogen-bond acceptors (Lipinski definition) is 4. The van der Waals surface area contributed by atoms with Gasteiger partial charge in [0.15, 0.2) is 0 Å². The van der Waals surface area contributed by atoms with Gasteiger partial charge < -0.3 is 14.8 Å². The van der Waals surface area contributed by atoms with E-state index in [4.69, 9.17) is 0 Å². The third-order valence-corrected chi connectivity index (χ3v) is 3.45. The lowest BCUT2D eigenvalue weighted by atomic mass is 10.0. The molecule has 19 heavy (non-hydrogen) atoms. The van der Waals surface area contributed by atoms with Gasteiger partial charge in [-0.1, -0.05) is 6.07 Å². The zero-order chi connectivity index (χ0) is 14.0. The molecule has 5 nitrogen and oxygen atoms in total. The van der Waals surface area contributed by atoms with Crippen LogP contribution in [0.5, 0.6) is 11.5 Å². The van der Waals surface area contributed by atoms with Crippen molar-refractivity contribution in [2.75, 3.05) is 7.05 Å². The predicted molar refractivity (Wildman–Crippen MR) is 72.9 cm³/mol. The van der Waals surface area contributed by atoms with Crippen LogP contribution in [0.2, 0.25) is 0 Å². The van der Waals surface area contributed by atoms with Crippen LogP contribution in [0.3, 0.4) is 0 Å². The van der Waals surface area contributed by atoms with E-state index in [1.54, 1.807) is 24.4 Å². The van der Waals surface area contributed by atoms with E-state index < -0.39 is 0 Å². The lowest BCUT2D eigenvalue weighted by molar-refractivity contribution is 0.235. The molecule has 2 aromatic rings. The highest BCUT2D eigenvalue weighted by atomic mass is 16.3. The predicted octanol–water partition coefficient (Wildman–Crippen LogP) is 2.02. The van der Waals surface area contributed by atoms with Crippen LogP contribution in [-0.4, -0.2) is 31.7 Å². The number of aryl methyl sites for hydroxylation is 1. The minimum Gasteiger partial charge on any atom is -0.507 e. The number of benzene rings is 1. The van der Waals surface area contributed by atoms with Gasteiger partial charge in [0.05, 0.1) is 12.1 Å². The summed E-state index contributed by atoms with van der Waals surface area (Å²) in [5.41, 5.74) is 0.541. The third-order valence-electron chi connectivity index (χ3n) is 3.45. The summed E-state index contributed by atoms with van der Waals surface area (Å²) < 4.78 is 1.95. The van der Waals surface area contributed by atoms with Crippen molar-refractivity contribution in [3.63, 3.8) is 0 Å². The molecule has 1 atom stereocenters. The monoisotopic (exact) mass is 261 g/mol. The Morgan fingerprint density at radius 2 is 1.95 bits per heavy atom. The Morgan fingerprint density at radius 3 is 2.47 bits per heavy atom. The molecule has 0 aliphatic rings. The number of nitrogens with zero attached hydrogens (tertiary/aromatic N) is 3. The average molecular weight is 261 g/mol. The summed E-state index contributed by atoms with van der Waals surface area (Å²) in [7, 11) is 3.88. The van der Waals surface area contributed by atoms with Gasteiger partial charge in [0.2, 0.25) is 0 Å². The summed E-state index contributed by atoms with van der Waals surface area (Å²) in [5, 5.41) is 19.8. The van der Waals surface area contributed by atoms with E-state index >= 15 is 0 Å². The Morgan fingerprint density at radius 1 is 1.32 bits per heavy atom. The van der Waals surface area contributed by atoms with Crippen LogP contribution in [0.25, 0.3) is 0 Å². The molecule has 0 fully saturated rings. The van der Waals surface area contributed by atoms with Crippen LogP contribution < -0.4 is 0 Å². The smallest absolute Gasteiger partial charge is 0.124 e. The lowest BCUT2D eigenvalue weighted by Crippen LogP contribution is -2.23. The first-order chi connectivity index (χ1) is 9.00. The molecule has 0 aliphatic carbocycles. The van der Waals surface area contributed by atoms with E-state index in [2.05, 4.69) is 4.98 Å². The molecular weight excluding hydrogens is 242 g/mol. The van der Waals surface area contributed by atoms with E-state index in [1.165, 1.54) is 0 Å². The van der Waals surface area contributed by atoms with Crippen LogP contribution in [-0.2, 0) is 13.6 Å². The van der Waals surface area contributed by atoms with Crippen LogP contribution in [0.1, 0.15) is 24.4 Å². The van der Waals surface area contributed by atoms with Crippen LogP contribution in [0.15, 0.2) is 30.6 Å². The summed E-state index contributed by atoms with van der Waals surface area (Å²) in [6.07, 6.45) is 3.65. The molecule has 102 valence electrons. The van der Waals surface area contributed by atoms with Crippen molar-refractivity contribution in [1.82, 2.24) is 14.5 Å². The fraction of sp³-hybridized carbons (Fsp3) is 0.357. The average Bonchev–Trinajstić information content (AvgIpc) is 2.74. The number of hydrogen-bond donors (Lipinski definition) is 2. The number of phenolic OH excluding ortho intramolecular Hbond substituents is 2. The summed E-state index contributed by atoms with van der Waals surface area (Å²) in [5.74, 6) is 1.16. The zero-order valence-electron chi connectivity index (χ0n) is 11.4. The van der Waals surface area contributed by atoms with Crippen molar-refractivity contribution in [2.24, 2.45) is 7.05 Å². The number of aromatic hydroxyl groups is 2. The minimum atomic E-state index is -0.113. The van der Waals surface area contributed by atoms with Crippen molar-refractivity contribution in [1.29, 1.82) is 0 Å². The highest BCUT2D eigenvalue weighted by Gasteiger charge is 2.20. The van der Waals surface area contributed by atoms with Crippen LogP contribution in [0.4, 0.5) is 0 Å². The molecule has 1 aromatic heterocycles. The number of rotatable bonds is 4. The highest BCUT2D eigenvalue weighted by molar-refractivity contribution is 5.44. The maximum Gasteiger partial charge on any atom is 0.124 e. The SMILES string of the molecule is CC(c1c(O)cccc1O)N(C)Cc1nccn1C. The lowest BCUT2D eigenvalue weighted by Gasteiger charge is -2.25. The van der Waals surface area contributed by atoms with E-state index in [0.717, 1.165) is 5.82 Å². The van der Waals surface area contributed by atoms with Crippen molar-refractivity contribution in [3.05, 3.63) is 42.0 Å². The topological polar surface area (TPSA) is 61.5 Å². The van der Waals surface area contributed by atoms with Crippen molar-refractivity contribution < 1.29 is 10.2 Å². The molecule has 0 saturated heterocycles. The molecule has 0 radical (unpaired) electrons. The fourth-order valence-electron chi connectivity index (χ4n) is 2.10. The Kier molecular flexibility index (Phi) is 3.76. The van der Waals surface area contributed by atoms with Crippen molar-refractivity contribution >= 4 is 0 Å². The second-order valence-corrected chi connectivity index (χ2v) is 4.76. The van der Waals surface area contributed by atoms with Crippen LogP contribution in [0, 0.1) is 0 Å². The van der Waals surface area contributed by atoms with Gasteiger partial charge >= 0.3 is 0 Å². The third kappa shape index (κ3) is 2.71. The first-order valence-corrected chi connectivity index (χ1v) is 6.18. The first-order valence-electron chi connectivity index (χ1n) is 6.18. The van der Waals surface area contributed by atoms with Gasteiger partial charge in [-0.2, -0.15) is 0 Å². The highest BCUT2D eigenvalue weighted by Crippen LogP contribution is 2.35. The Balaban J connectivity index is 2.19. The molecule has 2 N–H and O–H groups in total. The molecular formula is C14H19N3O2. The Labute approximate surface area is 112 Å². The number of aromatic nitrogens is 2. The van der Waals surface area contributed by atoms with E-state index in [-0.39, 0.29) is 17.5 Å². The molecule has 5 heteroatoms. The molecule has 0 saturated carbocycles. The molecule has 0 amide bonds. The van der Waals surface area contributed by atoms with Gasteiger partial charge in [0.1, 0.15) is 17.3 Å². The van der Waals surface area contributed by atoms with Crippen molar-refractivity contribution in [2.45, 2.75) is 19.5 Å². The molecule has 1 heterocycles. The van der Waals surface area contributed by atoms with Crippen molar-refractivity contribution in [3.8, 4) is 11.5 Å². The number of imidazole rings is 1. The maximum absolute atomic E-state index is 9.88. The van der Waals surface area contributed by atoms with Gasteiger partial charge in [-0.25, -0.2) is 4.98 Å². The Hall–Kier alpha value is -2.01. The molecule has 2 rings (SSSR count). The van der Waals surface area contributed by atoms with E-state index in [0.29, 0.717) is 12.1 Å². The molecule has 1 unspecified atom stereocenters.